The molecule has 64 valence electrons. The molecule has 0 saturated heterocycles. The Kier molecular flexibility index (Phi) is 1.54. The third kappa shape index (κ3) is 0.936. The molecule has 0 heterocycles. The van der Waals surface area contributed by atoms with Gasteiger partial charge in [-0.05, 0) is 49.5 Å². The molecule has 1 nitrogen and oxygen atoms in total. The summed E-state index contributed by atoms with van der Waals surface area (Å²) in [6.45, 7) is 3.28. The first-order chi connectivity index (χ1) is 5.24. The van der Waals surface area contributed by atoms with Crippen LogP contribution in [0.5, 0.6) is 0 Å². The molecule has 0 aliphatic heterocycles. The van der Waals surface area contributed by atoms with Crippen LogP contribution in [0, 0.1) is 10.8 Å². The normalized spacial score (nSPS) is 48.5. The second-order valence-electron chi connectivity index (χ2n) is 4.73. The van der Waals surface area contributed by atoms with E-state index in [1.807, 2.05) is 0 Å². The van der Waals surface area contributed by atoms with Crippen LogP contribution in [0.25, 0.3) is 0 Å². The zero-order chi connectivity index (χ0) is 7.95. The average Bonchev–Trinajstić information content (AvgIpc) is 2.61. The van der Waals surface area contributed by atoms with E-state index in [0.717, 1.165) is 12.0 Å². The van der Waals surface area contributed by atoms with Gasteiger partial charge in [0.1, 0.15) is 0 Å². The molecule has 0 atom stereocenters. The zero-order valence-corrected chi connectivity index (χ0v) is 7.53. The summed E-state index contributed by atoms with van der Waals surface area (Å²) in [7, 11) is 0. The quantitative estimate of drug-likeness (QED) is 0.647. The van der Waals surface area contributed by atoms with E-state index in [9.17, 15) is 0 Å². The zero-order valence-electron chi connectivity index (χ0n) is 7.53. The van der Waals surface area contributed by atoms with Gasteiger partial charge in [0.05, 0.1) is 0 Å². The van der Waals surface area contributed by atoms with Crippen molar-refractivity contribution < 1.29 is 0 Å². The van der Waals surface area contributed by atoms with Gasteiger partial charge in [-0.15, -0.1) is 0 Å². The highest BCUT2D eigenvalue weighted by molar-refractivity contribution is 5.04. The van der Waals surface area contributed by atoms with Crippen molar-refractivity contribution in [2.45, 2.75) is 45.4 Å². The standard InChI is InChI=1S/C10H19N/c1-2-9-3-5-10(7-9,8-11)6-4-9/h2-8,11H2,1H3. The van der Waals surface area contributed by atoms with Crippen molar-refractivity contribution in [3.05, 3.63) is 0 Å². The molecular formula is C10H19N. The molecule has 2 rings (SSSR count). The van der Waals surface area contributed by atoms with Gasteiger partial charge in [-0.25, -0.2) is 0 Å². The molecular weight excluding hydrogens is 134 g/mol. The molecule has 2 bridgehead atoms. The number of fused-ring (bicyclic) bond motifs is 2. The second-order valence-corrected chi connectivity index (χ2v) is 4.73. The lowest BCUT2D eigenvalue weighted by molar-refractivity contribution is 0.272. The maximum Gasteiger partial charge on any atom is -0.00203 e. The predicted octanol–water partition coefficient (Wildman–Crippen LogP) is 2.31. The SMILES string of the molecule is CCC12CCC(CN)(CC1)C2. The van der Waals surface area contributed by atoms with Crippen LogP contribution in [0.4, 0.5) is 0 Å². The summed E-state index contributed by atoms with van der Waals surface area (Å²) in [5, 5.41) is 0. The van der Waals surface area contributed by atoms with Crippen LogP contribution in [0.2, 0.25) is 0 Å². The molecule has 2 aliphatic rings. The van der Waals surface area contributed by atoms with Crippen molar-refractivity contribution in [1.29, 1.82) is 0 Å². The lowest BCUT2D eigenvalue weighted by atomic mass is 9.81. The first-order valence-electron chi connectivity index (χ1n) is 4.94. The largest absolute Gasteiger partial charge is 0.330 e. The molecule has 0 amide bonds. The van der Waals surface area contributed by atoms with Gasteiger partial charge in [-0.3, -0.25) is 0 Å². The summed E-state index contributed by atoms with van der Waals surface area (Å²) in [5.74, 6) is 0. The minimum atomic E-state index is 0.593. The number of hydrogen-bond donors (Lipinski definition) is 1. The van der Waals surface area contributed by atoms with Gasteiger partial charge in [0.2, 0.25) is 0 Å². The summed E-state index contributed by atoms with van der Waals surface area (Å²) >= 11 is 0. The van der Waals surface area contributed by atoms with Crippen LogP contribution < -0.4 is 5.73 Å². The number of nitrogens with two attached hydrogens (primary N) is 1. The van der Waals surface area contributed by atoms with Gasteiger partial charge in [0.15, 0.2) is 0 Å². The minimum absolute atomic E-state index is 0.593. The summed E-state index contributed by atoms with van der Waals surface area (Å²) in [6.07, 6.45) is 8.57. The topological polar surface area (TPSA) is 26.0 Å². The van der Waals surface area contributed by atoms with Crippen molar-refractivity contribution in [2.75, 3.05) is 6.54 Å². The Morgan fingerprint density at radius 2 is 1.64 bits per heavy atom. The third-order valence-electron chi connectivity index (χ3n) is 4.30. The molecule has 0 spiro atoms. The van der Waals surface area contributed by atoms with E-state index in [-0.39, 0.29) is 0 Å². The van der Waals surface area contributed by atoms with Crippen LogP contribution in [0.3, 0.4) is 0 Å². The lowest BCUT2D eigenvalue weighted by Crippen LogP contribution is -2.25. The van der Waals surface area contributed by atoms with Crippen LogP contribution in [0.15, 0.2) is 0 Å². The first kappa shape index (κ1) is 7.60. The predicted molar refractivity (Wildman–Crippen MR) is 47.3 cm³/mol. The monoisotopic (exact) mass is 153 g/mol. The Balaban J connectivity index is 2.15. The molecule has 11 heavy (non-hydrogen) atoms. The second kappa shape index (κ2) is 2.22. The minimum Gasteiger partial charge on any atom is -0.330 e. The van der Waals surface area contributed by atoms with Crippen LogP contribution in [0.1, 0.15) is 45.4 Å². The highest BCUT2D eigenvalue weighted by Crippen LogP contribution is 2.62. The van der Waals surface area contributed by atoms with Crippen molar-refractivity contribution in [3.8, 4) is 0 Å². The van der Waals surface area contributed by atoms with E-state index in [1.165, 1.54) is 38.5 Å². The number of rotatable bonds is 2. The summed E-state index contributed by atoms with van der Waals surface area (Å²) in [6, 6.07) is 0. The molecule has 2 fully saturated rings. The van der Waals surface area contributed by atoms with Gasteiger partial charge in [-0.1, -0.05) is 13.3 Å². The van der Waals surface area contributed by atoms with Crippen LogP contribution in [-0.4, -0.2) is 6.54 Å². The van der Waals surface area contributed by atoms with Crippen molar-refractivity contribution in [3.63, 3.8) is 0 Å². The fraction of sp³-hybridized carbons (Fsp3) is 1.00. The van der Waals surface area contributed by atoms with E-state index >= 15 is 0 Å². The molecule has 2 saturated carbocycles. The summed E-state index contributed by atoms with van der Waals surface area (Å²) in [4.78, 5) is 0. The van der Waals surface area contributed by atoms with Crippen molar-refractivity contribution in [1.82, 2.24) is 0 Å². The Labute approximate surface area is 69.4 Å². The molecule has 0 radical (unpaired) electrons. The van der Waals surface area contributed by atoms with E-state index in [0.29, 0.717) is 5.41 Å². The van der Waals surface area contributed by atoms with Gasteiger partial charge >= 0.3 is 0 Å². The Morgan fingerprint density at radius 3 is 1.91 bits per heavy atom. The Bertz CT molecular complexity index is 136. The highest BCUT2D eigenvalue weighted by Gasteiger charge is 2.51. The van der Waals surface area contributed by atoms with Gasteiger partial charge in [0.25, 0.3) is 0 Å². The fourth-order valence-corrected chi connectivity index (χ4v) is 3.21. The van der Waals surface area contributed by atoms with Gasteiger partial charge in [0, 0.05) is 0 Å². The highest BCUT2D eigenvalue weighted by atomic mass is 14.7. The molecule has 0 aromatic heterocycles. The van der Waals surface area contributed by atoms with Crippen LogP contribution >= 0.6 is 0 Å². The molecule has 0 aromatic rings. The molecule has 1 heteroatoms. The lowest BCUT2D eigenvalue weighted by Gasteiger charge is -2.25. The third-order valence-corrected chi connectivity index (χ3v) is 4.30. The van der Waals surface area contributed by atoms with E-state index in [1.54, 1.807) is 0 Å². The first-order valence-corrected chi connectivity index (χ1v) is 4.94. The van der Waals surface area contributed by atoms with Crippen molar-refractivity contribution >= 4 is 0 Å². The fourth-order valence-electron chi connectivity index (χ4n) is 3.21. The summed E-state index contributed by atoms with van der Waals surface area (Å²) in [5.41, 5.74) is 7.15. The van der Waals surface area contributed by atoms with Gasteiger partial charge < -0.3 is 5.73 Å². The molecule has 0 unspecified atom stereocenters. The van der Waals surface area contributed by atoms with E-state index in [4.69, 9.17) is 5.73 Å². The molecule has 2 aliphatic carbocycles. The van der Waals surface area contributed by atoms with E-state index < -0.39 is 0 Å². The summed E-state index contributed by atoms with van der Waals surface area (Å²) < 4.78 is 0. The van der Waals surface area contributed by atoms with Crippen LogP contribution in [-0.2, 0) is 0 Å². The Morgan fingerprint density at radius 1 is 1.09 bits per heavy atom. The maximum atomic E-state index is 5.82. The van der Waals surface area contributed by atoms with Gasteiger partial charge in [-0.2, -0.15) is 0 Å². The molecule has 2 N–H and O–H groups in total. The molecule has 0 aromatic carbocycles. The van der Waals surface area contributed by atoms with Crippen molar-refractivity contribution in [2.24, 2.45) is 16.6 Å². The number of hydrogen-bond acceptors (Lipinski definition) is 1. The average molecular weight is 153 g/mol. The Hall–Kier alpha value is -0.0400. The van der Waals surface area contributed by atoms with E-state index in [2.05, 4.69) is 6.92 Å². The maximum absolute atomic E-state index is 5.82. The smallest absolute Gasteiger partial charge is 0.00203 e.